The van der Waals surface area contributed by atoms with Crippen molar-refractivity contribution in [2.24, 2.45) is 0 Å². The number of carbonyl (C=O) groups is 1. The van der Waals surface area contributed by atoms with E-state index in [-0.39, 0.29) is 5.91 Å². The first kappa shape index (κ1) is 15.2. The standard InChI is InChI=1S/C14H18INO2/c1-10(2)9-18-8-7-16-14(17)12-6-4-5-11(3)13(12)15/h4-6H,1,7-9H2,2-3H3,(H,16,17). The van der Waals surface area contributed by atoms with Gasteiger partial charge in [-0.25, -0.2) is 0 Å². The van der Waals surface area contributed by atoms with Crippen molar-refractivity contribution in [3.63, 3.8) is 0 Å². The van der Waals surface area contributed by atoms with Gasteiger partial charge in [0.2, 0.25) is 0 Å². The second-order valence-corrected chi connectivity index (χ2v) is 5.28. The minimum atomic E-state index is -0.0537. The van der Waals surface area contributed by atoms with Crippen molar-refractivity contribution in [2.75, 3.05) is 19.8 Å². The molecule has 18 heavy (non-hydrogen) atoms. The molecular weight excluding hydrogens is 341 g/mol. The molecule has 0 unspecified atom stereocenters. The van der Waals surface area contributed by atoms with E-state index in [4.69, 9.17) is 4.74 Å². The molecule has 0 atom stereocenters. The third-order valence-electron chi connectivity index (χ3n) is 2.32. The van der Waals surface area contributed by atoms with E-state index in [1.165, 1.54) is 0 Å². The molecule has 0 heterocycles. The lowest BCUT2D eigenvalue weighted by Gasteiger charge is -2.09. The fourth-order valence-electron chi connectivity index (χ4n) is 1.40. The Bertz CT molecular complexity index is 443. The molecule has 0 saturated carbocycles. The Morgan fingerprint density at radius 3 is 2.89 bits per heavy atom. The number of benzene rings is 1. The number of halogens is 1. The normalized spacial score (nSPS) is 10.2. The average molecular weight is 359 g/mol. The highest BCUT2D eigenvalue weighted by atomic mass is 127. The molecule has 0 spiro atoms. The van der Waals surface area contributed by atoms with Crippen LogP contribution in [0.1, 0.15) is 22.8 Å². The summed E-state index contributed by atoms with van der Waals surface area (Å²) in [5, 5.41) is 2.84. The molecule has 1 N–H and O–H groups in total. The van der Waals surface area contributed by atoms with Crippen molar-refractivity contribution in [3.8, 4) is 0 Å². The monoisotopic (exact) mass is 359 g/mol. The predicted molar refractivity (Wildman–Crippen MR) is 81.9 cm³/mol. The number of amides is 1. The van der Waals surface area contributed by atoms with E-state index >= 15 is 0 Å². The maximum atomic E-state index is 11.9. The number of carbonyl (C=O) groups excluding carboxylic acids is 1. The van der Waals surface area contributed by atoms with Crippen LogP contribution >= 0.6 is 22.6 Å². The molecule has 3 nitrogen and oxygen atoms in total. The van der Waals surface area contributed by atoms with Gasteiger partial charge in [-0.05, 0) is 48.1 Å². The van der Waals surface area contributed by atoms with Crippen LogP contribution in [0, 0.1) is 10.5 Å². The zero-order valence-corrected chi connectivity index (χ0v) is 12.9. The molecule has 0 aromatic heterocycles. The summed E-state index contributed by atoms with van der Waals surface area (Å²) in [7, 11) is 0. The summed E-state index contributed by atoms with van der Waals surface area (Å²) in [6.07, 6.45) is 0. The highest BCUT2D eigenvalue weighted by Gasteiger charge is 2.10. The molecule has 0 bridgehead atoms. The summed E-state index contributed by atoms with van der Waals surface area (Å²) in [6.45, 7) is 9.20. The van der Waals surface area contributed by atoms with Gasteiger partial charge in [0.15, 0.2) is 0 Å². The Morgan fingerprint density at radius 1 is 1.50 bits per heavy atom. The SMILES string of the molecule is C=C(C)COCCNC(=O)c1cccc(C)c1I. The Balaban J connectivity index is 2.41. The minimum absolute atomic E-state index is 0.0537. The number of aryl methyl sites for hydroxylation is 1. The van der Waals surface area contributed by atoms with E-state index in [2.05, 4.69) is 34.5 Å². The first-order valence-corrected chi connectivity index (χ1v) is 6.85. The van der Waals surface area contributed by atoms with E-state index < -0.39 is 0 Å². The van der Waals surface area contributed by atoms with Crippen molar-refractivity contribution in [1.82, 2.24) is 5.32 Å². The number of ether oxygens (including phenoxy) is 1. The van der Waals surface area contributed by atoms with E-state index in [0.717, 1.165) is 20.3 Å². The smallest absolute Gasteiger partial charge is 0.252 e. The first-order chi connectivity index (χ1) is 8.52. The Hall–Kier alpha value is -0.880. The van der Waals surface area contributed by atoms with Crippen LogP contribution in [0.2, 0.25) is 0 Å². The zero-order chi connectivity index (χ0) is 13.5. The lowest BCUT2D eigenvalue weighted by molar-refractivity contribution is 0.0926. The summed E-state index contributed by atoms with van der Waals surface area (Å²) >= 11 is 2.19. The molecule has 0 aliphatic rings. The highest BCUT2D eigenvalue weighted by molar-refractivity contribution is 14.1. The summed E-state index contributed by atoms with van der Waals surface area (Å²) < 4.78 is 6.31. The molecule has 0 saturated heterocycles. The van der Waals surface area contributed by atoms with Crippen LogP contribution in [0.3, 0.4) is 0 Å². The number of nitrogens with one attached hydrogen (secondary N) is 1. The second-order valence-electron chi connectivity index (χ2n) is 4.20. The quantitative estimate of drug-likeness (QED) is 0.482. The molecule has 0 aliphatic heterocycles. The van der Waals surface area contributed by atoms with Gasteiger partial charge in [-0.3, -0.25) is 4.79 Å². The minimum Gasteiger partial charge on any atom is -0.375 e. The van der Waals surface area contributed by atoms with Gasteiger partial charge >= 0.3 is 0 Å². The van der Waals surface area contributed by atoms with Crippen LogP contribution in [0.4, 0.5) is 0 Å². The molecule has 0 aliphatic carbocycles. The average Bonchev–Trinajstić information content (AvgIpc) is 2.31. The zero-order valence-electron chi connectivity index (χ0n) is 10.8. The van der Waals surface area contributed by atoms with Crippen LogP contribution < -0.4 is 5.32 Å². The van der Waals surface area contributed by atoms with Gasteiger partial charge in [0, 0.05) is 10.1 Å². The van der Waals surface area contributed by atoms with E-state index in [1.807, 2.05) is 32.0 Å². The number of hydrogen-bond acceptors (Lipinski definition) is 2. The fraction of sp³-hybridized carbons (Fsp3) is 0.357. The Kier molecular flexibility index (Phi) is 6.35. The maximum Gasteiger partial charge on any atom is 0.252 e. The van der Waals surface area contributed by atoms with E-state index in [1.54, 1.807) is 0 Å². The molecule has 1 aromatic rings. The molecule has 0 radical (unpaired) electrons. The van der Waals surface area contributed by atoms with E-state index in [9.17, 15) is 4.79 Å². The molecule has 4 heteroatoms. The van der Waals surface area contributed by atoms with Gasteiger partial charge in [0.25, 0.3) is 5.91 Å². The van der Waals surface area contributed by atoms with Crippen LogP contribution in [0.25, 0.3) is 0 Å². The number of hydrogen-bond donors (Lipinski definition) is 1. The molecule has 1 rings (SSSR count). The highest BCUT2D eigenvalue weighted by Crippen LogP contribution is 2.16. The van der Waals surface area contributed by atoms with Crippen molar-refractivity contribution >= 4 is 28.5 Å². The van der Waals surface area contributed by atoms with Crippen molar-refractivity contribution < 1.29 is 9.53 Å². The van der Waals surface area contributed by atoms with Crippen LogP contribution in [-0.2, 0) is 4.74 Å². The number of rotatable bonds is 6. The van der Waals surface area contributed by atoms with Crippen molar-refractivity contribution in [1.29, 1.82) is 0 Å². The summed E-state index contributed by atoms with van der Waals surface area (Å²) in [6, 6.07) is 5.72. The summed E-state index contributed by atoms with van der Waals surface area (Å²) in [5.74, 6) is -0.0537. The predicted octanol–water partition coefficient (Wildman–Crippen LogP) is 2.92. The largest absolute Gasteiger partial charge is 0.375 e. The maximum absolute atomic E-state index is 11.9. The molecular formula is C14H18INO2. The van der Waals surface area contributed by atoms with Gasteiger partial charge in [-0.15, -0.1) is 0 Å². The Labute approximate surface area is 122 Å². The molecule has 98 valence electrons. The van der Waals surface area contributed by atoms with Gasteiger partial charge < -0.3 is 10.1 Å². The van der Waals surface area contributed by atoms with Crippen LogP contribution in [0.5, 0.6) is 0 Å². The molecule has 1 aromatic carbocycles. The van der Waals surface area contributed by atoms with Crippen LogP contribution in [0.15, 0.2) is 30.4 Å². The van der Waals surface area contributed by atoms with Crippen LogP contribution in [-0.4, -0.2) is 25.7 Å². The second kappa shape index (κ2) is 7.53. The van der Waals surface area contributed by atoms with Gasteiger partial charge in [0.1, 0.15) is 0 Å². The lowest BCUT2D eigenvalue weighted by Crippen LogP contribution is -2.28. The van der Waals surface area contributed by atoms with E-state index in [0.29, 0.717) is 19.8 Å². The topological polar surface area (TPSA) is 38.3 Å². The fourth-order valence-corrected chi connectivity index (χ4v) is 2.01. The molecule has 1 amide bonds. The van der Waals surface area contributed by atoms with Crippen molar-refractivity contribution in [2.45, 2.75) is 13.8 Å². The lowest BCUT2D eigenvalue weighted by atomic mass is 10.1. The first-order valence-electron chi connectivity index (χ1n) is 5.78. The summed E-state index contributed by atoms with van der Waals surface area (Å²) in [5.41, 5.74) is 2.81. The van der Waals surface area contributed by atoms with Crippen molar-refractivity contribution in [3.05, 3.63) is 45.0 Å². The third-order valence-corrected chi connectivity index (χ3v) is 3.75. The third kappa shape index (κ3) is 4.78. The molecule has 0 fully saturated rings. The summed E-state index contributed by atoms with van der Waals surface area (Å²) in [4.78, 5) is 11.9. The van der Waals surface area contributed by atoms with Gasteiger partial charge in [-0.1, -0.05) is 24.3 Å². The van der Waals surface area contributed by atoms with Gasteiger partial charge in [0.05, 0.1) is 18.8 Å². The van der Waals surface area contributed by atoms with Gasteiger partial charge in [-0.2, -0.15) is 0 Å². The Morgan fingerprint density at radius 2 is 2.22 bits per heavy atom.